The maximum atomic E-state index is 11.4. The molecule has 1 aromatic carbocycles. The van der Waals surface area contributed by atoms with E-state index in [9.17, 15) is 4.79 Å². The van der Waals surface area contributed by atoms with Crippen molar-refractivity contribution < 1.29 is 4.79 Å². The lowest BCUT2D eigenvalue weighted by Crippen LogP contribution is -2.05. The molecule has 0 saturated heterocycles. The normalized spacial score (nSPS) is 10.6. The third-order valence-electron chi connectivity index (χ3n) is 3.79. The minimum atomic E-state index is 0.0169. The molecule has 1 aromatic rings. The summed E-state index contributed by atoms with van der Waals surface area (Å²) in [5.41, 5.74) is 7.93. The van der Waals surface area contributed by atoms with Crippen molar-refractivity contribution in [3.05, 3.63) is 23.8 Å². The Kier molecular flexibility index (Phi) is 8.56. The first-order valence-corrected chi connectivity index (χ1v) is 8.29. The van der Waals surface area contributed by atoms with Gasteiger partial charge >= 0.3 is 0 Å². The minimum absolute atomic E-state index is 0.0169. The van der Waals surface area contributed by atoms with Gasteiger partial charge in [0.15, 0.2) is 5.78 Å². The predicted octanol–water partition coefficient (Wildman–Crippen LogP) is 5.02. The molecule has 0 amide bonds. The van der Waals surface area contributed by atoms with Crippen LogP contribution in [0.2, 0.25) is 0 Å². The van der Waals surface area contributed by atoms with Crippen molar-refractivity contribution in [2.75, 3.05) is 17.6 Å². The molecule has 0 fully saturated rings. The Balaban J connectivity index is 2.16. The summed E-state index contributed by atoms with van der Waals surface area (Å²) < 4.78 is 0. The molecule has 3 heteroatoms. The largest absolute Gasteiger partial charge is 0.398 e. The summed E-state index contributed by atoms with van der Waals surface area (Å²) in [4.78, 5) is 11.4. The summed E-state index contributed by atoms with van der Waals surface area (Å²) in [7, 11) is 0. The molecule has 0 saturated carbocycles. The van der Waals surface area contributed by atoms with Crippen molar-refractivity contribution in [1.82, 2.24) is 0 Å². The van der Waals surface area contributed by atoms with Crippen LogP contribution >= 0.6 is 0 Å². The van der Waals surface area contributed by atoms with Crippen molar-refractivity contribution in [3.8, 4) is 0 Å². The summed E-state index contributed by atoms with van der Waals surface area (Å²) in [5, 5.41) is 3.37. The zero-order chi connectivity index (χ0) is 15.5. The number of nitrogens with one attached hydrogen (secondary N) is 1. The number of nitrogens with two attached hydrogens (primary N) is 1. The fourth-order valence-electron chi connectivity index (χ4n) is 2.46. The maximum absolute atomic E-state index is 11.4. The summed E-state index contributed by atoms with van der Waals surface area (Å²) >= 11 is 0. The highest BCUT2D eigenvalue weighted by atomic mass is 16.1. The van der Waals surface area contributed by atoms with Gasteiger partial charge in [-0.25, -0.2) is 0 Å². The van der Waals surface area contributed by atoms with Gasteiger partial charge in [-0.15, -0.1) is 0 Å². The van der Waals surface area contributed by atoms with E-state index in [0.29, 0.717) is 11.3 Å². The Hall–Kier alpha value is -1.51. The van der Waals surface area contributed by atoms with Gasteiger partial charge in [0.1, 0.15) is 0 Å². The second-order valence-corrected chi connectivity index (χ2v) is 5.76. The van der Waals surface area contributed by atoms with E-state index in [1.54, 1.807) is 13.0 Å². The van der Waals surface area contributed by atoms with E-state index in [4.69, 9.17) is 5.73 Å². The van der Waals surface area contributed by atoms with E-state index in [1.807, 2.05) is 12.1 Å². The Labute approximate surface area is 129 Å². The number of carbonyl (C=O) groups excluding carboxylic acids is 1. The molecule has 0 aromatic heterocycles. The van der Waals surface area contributed by atoms with Crippen LogP contribution in [0.25, 0.3) is 0 Å². The Morgan fingerprint density at radius 3 is 2.29 bits per heavy atom. The molecular formula is C18H30N2O. The molecule has 0 unspecified atom stereocenters. The number of hydrogen-bond donors (Lipinski definition) is 2. The molecule has 0 aliphatic rings. The Bertz CT molecular complexity index is 429. The van der Waals surface area contributed by atoms with Crippen LogP contribution in [0.3, 0.4) is 0 Å². The second-order valence-electron chi connectivity index (χ2n) is 5.76. The number of ketones is 1. The molecule has 0 heterocycles. The number of Topliss-reactive ketones (excluding diaryl/α,β-unsaturated/α-hetero) is 1. The number of anilines is 2. The van der Waals surface area contributed by atoms with E-state index in [0.717, 1.165) is 12.2 Å². The van der Waals surface area contributed by atoms with E-state index in [1.165, 1.54) is 51.4 Å². The molecule has 1 rings (SSSR count). The van der Waals surface area contributed by atoms with Gasteiger partial charge in [-0.3, -0.25) is 4.79 Å². The zero-order valence-electron chi connectivity index (χ0n) is 13.6. The molecule has 0 spiro atoms. The van der Waals surface area contributed by atoms with Gasteiger partial charge < -0.3 is 11.1 Å². The Morgan fingerprint density at radius 1 is 1.05 bits per heavy atom. The first-order chi connectivity index (χ1) is 10.1. The fraction of sp³-hybridized carbons (Fsp3) is 0.611. The predicted molar refractivity (Wildman–Crippen MR) is 92.0 cm³/mol. The van der Waals surface area contributed by atoms with Crippen molar-refractivity contribution in [2.45, 2.75) is 65.2 Å². The lowest BCUT2D eigenvalue weighted by Gasteiger charge is -2.09. The monoisotopic (exact) mass is 290 g/mol. The van der Waals surface area contributed by atoms with Crippen LogP contribution < -0.4 is 11.1 Å². The maximum Gasteiger partial charge on any atom is 0.161 e. The van der Waals surface area contributed by atoms with Crippen LogP contribution in [-0.2, 0) is 0 Å². The number of rotatable bonds is 11. The molecule has 21 heavy (non-hydrogen) atoms. The minimum Gasteiger partial charge on any atom is -0.398 e. The summed E-state index contributed by atoms with van der Waals surface area (Å²) in [6.45, 7) is 4.75. The summed E-state index contributed by atoms with van der Waals surface area (Å²) in [6.07, 6.45) is 10.6. The standard InChI is InChI=1S/C18H30N2O/c1-3-4-5-6-7-8-9-10-13-20-16-11-12-18(19)17(14-16)15(2)21/h11-12,14,20H,3-10,13,19H2,1-2H3. The smallest absolute Gasteiger partial charge is 0.161 e. The second kappa shape index (κ2) is 10.3. The molecule has 118 valence electrons. The van der Waals surface area contributed by atoms with Crippen LogP contribution in [0.1, 0.15) is 75.6 Å². The molecule has 0 radical (unpaired) electrons. The number of hydrogen-bond acceptors (Lipinski definition) is 3. The van der Waals surface area contributed by atoms with E-state index in [2.05, 4.69) is 12.2 Å². The quantitative estimate of drug-likeness (QED) is 0.341. The van der Waals surface area contributed by atoms with Crippen molar-refractivity contribution in [3.63, 3.8) is 0 Å². The highest BCUT2D eigenvalue weighted by Crippen LogP contribution is 2.18. The summed E-state index contributed by atoms with van der Waals surface area (Å²) in [5.74, 6) is 0.0169. The number of benzene rings is 1. The van der Waals surface area contributed by atoms with Gasteiger partial charge in [-0.2, -0.15) is 0 Å². The molecule has 0 aliphatic carbocycles. The third kappa shape index (κ3) is 7.16. The molecule has 3 N–H and O–H groups in total. The van der Waals surface area contributed by atoms with Gasteiger partial charge in [0, 0.05) is 23.5 Å². The van der Waals surface area contributed by atoms with E-state index >= 15 is 0 Å². The van der Waals surface area contributed by atoms with Crippen molar-refractivity contribution in [1.29, 1.82) is 0 Å². The SMILES string of the molecule is CCCCCCCCCCNc1ccc(N)c(C(C)=O)c1. The number of carbonyl (C=O) groups is 1. The Morgan fingerprint density at radius 2 is 1.67 bits per heavy atom. The summed E-state index contributed by atoms with van der Waals surface area (Å²) in [6, 6.07) is 5.59. The van der Waals surface area contributed by atoms with Crippen molar-refractivity contribution in [2.24, 2.45) is 0 Å². The van der Waals surface area contributed by atoms with Gasteiger partial charge in [-0.1, -0.05) is 51.9 Å². The third-order valence-corrected chi connectivity index (χ3v) is 3.79. The lowest BCUT2D eigenvalue weighted by molar-refractivity contribution is 0.101. The van der Waals surface area contributed by atoms with E-state index < -0.39 is 0 Å². The van der Waals surface area contributed by atoms with Crippen molar-refractivity contribution >= 4 is 17.2 Å². The molecule has 0 atom stereocenters. The zero-order valence-corrected chi connectivity index (χ0v) is 13.6. The van der Waals surface area contributed by atoms with Gasteiger partial charge in [-0.05, 0) is 31.5 Å². The van der Waals surface area contributed by atoms with Crippen LogP contribution in [0, 0.1) is 0 Å². The average Bonchev–Trinajstić information content (AvgIpc) is 2.47. The van der Waals surface area contributed by atoms with Crippen LogP contribution in [0.15, 0.2) is 18.2 Å². The highest BCUT2D eigenvalue weighted by Gasteiger charge is 2.05. The fourth-order valence-corrected chi connectivity index (χ4v) is 2.46. The molecular weight excluding hydrogens is 260 g/mol. The number of unbranched alkanes of at least 4 members (excludes halogenated alkanes) is 7. The molecule has 3 nitrogen and oxygen atoms in total. The highest BCUT2D eigenvalue weighted by molar-refractivity contribution is 5.99. The van der Waals surface area contributed by atoms with Gasteiger partial charge in [0.05, 0.1) is 0 Å². The van der Waals surface area contributed by atoms with Crippen LogP contribution in [0.4, 0.5) is 11.4 Å². The lowest BCUT2D eigenvalue weighted by atomic mass is 10.1. The van der Waals surface area contributed by atoms with Crippen LogP contribution in [0.5, 0.6) is 0 Å². The first-order valence-electron chi connectivity index (χ1n) is 8.29. The average molecular weight is 290 g/mol. The topological polar surface area (TPSA) is 55.1 Å². The van der Waals surface area contributed by atoms with Gasteiger partial charge in [0.2, 0.25) is 0 Å². The molecule has 0 aliphatic heterocycles. The number of nitrogen functional groups attached to an aromatic ring is 1. The van der Waals surface area contributed by atoms with Gasteiger partial charge in [0.25, 0.3) is 0 Å². The first kappa shape index (κ1) is 17.5. The van der Waals surface area contributed by atoms with Crippen LogP contribution in [-0.4, -0.2) is 12.3 Å². The molecule has 0 bridgehead atoms. The van der Waals surface area contributed by atoms with E-state index in [-0.39, 0.29) is 5.78 Å².